The third-order valence-electron chi connectivity index (χ3n) is 12.7. The maximum absolute atomic E-state index is 6.49. The van der Waals surface area contributed by atoms with Gasteiger partial charge < -0.3 is 13.9 Å². The van der Waals surface area contributed by atoms with E-state index in [1.807, 2.05) is 12.1 Å². The zero-order valence-electron chi connectivity index (χ0n) is 34.7. The Bertz CT molecular complexity index is 3520. The van der Waals surface area contributed by atoms with Crippen molar-refractivity contribution in [2.45, 2.75) is 12.8 Å². The number of furan rings is 1. The second-order valence-corrected chi connectivity index (χ2v) is 16.3. The van der Waals surface area contributed by atoms with Crippen molar-refractivity contribution in [2.75, 3.05) is 4.90 Å². The summed E-state index contributed by atoms with van der Waals surface area (Å²) in [7, 11) is 0. The number of nitrogens with zero attached hydrogens (tertiary/aromatic N) is 2. The van der Waals surface area contributed by atoms with Crippen molar-refractivity contribution in [3.05, 3.63) is 236 Å². The Morgan fingerprint density at radius 2 is 1.06 bits per heavy atom. The molecule has 0 N–H and O–H groups in total. The van der Waals surface area contributed by atoms with Crippen LogP contribution in [-0.4, -0.2) is 4.57 Å². The minimum Gasteiger partial charge on any atom is -0.455 e. The van der Waals surface area contributed by atoms with Crippen molar-refractivity contribution in [3.63, 3.8) is 0 Å². The minimum atomic E-state index is 0.902. The molecular formula is C60H42N2O. The maximum Gasteiger partial charge on any atom is 0.143 e. The number of hydrogen-bond acceptors (Lipinski definition) is 2. The lowest BCUT2D eigenvalue weighted by Crippen LogP contribution is -2.11. The van der Waals surface area contributed by atoms with Crippen molar-refractivity contribution in [1.29, 1.82) is 0 Å². The van der Waals surface area contributed by atoms with Gasteiger partial charge in [-0.25, -0.2) is 0 Å². The van der Waals surface area contributed by atoms with Crippen LogP contribution in [0.4, 0.5) is 17.1 Å². The lowest BCUT2D eigenvalue weighted by Gasteiger charge is -2.29. The summed E-state index contributed by atoms with van der Waals surface area (Å²) in [5, 5.41) is 3.56. The number of anilines is 3. The Morgan fingerprint density at radius 3 is 1.92 bits per heavy atom. The zero-order valence-corrected chi connectivity index (χ0v) is 34.7. The van der Waals surface area contributed by atoms with Crippen LogP contribution in [0.2, 0.25) is 0 Å². The third-order valence-corrected chi connectivity index (χ3v) is 12.7. The van der Waals surface area contributed by atoms with E-state index in [1.165, 1.54) is 50.1 Å². The van der Waals surface area contributed by atoms with Crippen LogP contribution in [0.15, 0.2) is 229 Å². The van der Waals surface area contributed by atoms with Gasteiger partial charge >= 0.3 is 0 Å². The van der Waals surface area contributed by atoms with Crippen LogP contribution >= 0.6 is 0 Å². The summed E-state index contributed by atoms with van der Waals surface area (Å²) in [6.07, 6.45) is 6.67. The van der Waals surface area contributed by atoms with E-state index in [-0.39, 0.29) is 0 Å². The summed E-state index contributed by atoms with van der Waals surface area (Å²) in [6.45, 7) is 0. The quantitative estimate of drug-likeness (QED) is 0.153. The van der Waals surface area contributed by atoms with Gasteiger partial charge in [0, 0.05) is 55.5 Å². The van der Waals surface area contributed by atoms with Gasteiger partial charge in [-0.2, -0.15) is 0 Å². The van der Waals surface area contributed by atoms with Gasteiger partial charge in [0.25, 0.3) is 0 Å². The number of aromatic nitrogens is 1. The van der Waals surface area contributed by atoms with E-state index in [0.717, 1.165) is 74.1 Å². The molecule has 0 unspecified atom stereocenters. The Labute approximate surface area is 367 Å². The van der Waals surface area contributed by atoms with Crippen molar-refractivity contribution in [1.82, 2.24) is 4.57 Å². The molecule has 0 aliphatic heterocycles. The van der Waals surface area contributed by atoms with Crippen LogP contribution < -0.4 is 4.90 Å². The first-order valence-electron chi connectivity index (χ1n) is 21.8. The second-order valence-electron chi connectivity index (χ2n) is 16.3. The van der Waals surface area contributed by atoms with Crippen LogP contribution in [-0.2, 0) is 6.42 Å². The first-order chi connectivity index (χ1) is 31.3. The second kappa shape index (κ2) is 15.4. The molecule has 3 nitrogen and oxygen atoms in total. The van der Waals surface area contributed by atoms with Crippen LogP contribution in [0.25, 0.3) is 89.1 Å². The van der Waals surface area contributed by atoms with Gasteiger partial charge in [-0.1, -0.05) is 182 Å². The average Bonchev–Trinajstić information content (AvgIpc) is 3.91. The van der Waals surface area contributed by atoms with Crippen molar-refractivity contribution >= 4 is 56.0 Å². The highest BCUT2D eigenvalue weighted by molar-refractivity contribution is 6.09. The molecule has 0 amide bonds. The molecule has 0 bridgehead atoms. The first-order valence-corrected chi connectivity index (χ1v) is 21.8. The summed E-state index contributed by atoms with van der Waals surface area (Å²) in [5.74, 6) is 0. The maximum atomic E-state index is 6.49. The molecule has 9 aromatic carbocycles. The molecule has 0 saturated carbocycles. The molecule has 0 saturated heterocycles. The van der Waals surface area contributed by atoms with E-state index in [1.54, 1.807) is 0 Å². The van der Waals surface area contributed by atoms with E-state index < -0.39 is 0 Å². The summed E-state index contributed by atoms with van der Waals surface area (Å²) < 4.78 is 9.00. The van der Waals surface area contributed by atoms with Crippen LogP contribution in [0, 0.1) is 0 Å². The average molecular weight is 807 g/mol. The van der Waals surface area contributed by atoms with E-state index in [9.17, 15) is 0 Å². The number of rotatable bonds is 8. The predicted octanol–water partition coefficient (Wildman–Crippen LogP) is 16.6. The van der Waals surface area contributed by atoms with Crippen molar-refractivity contribution < 1.29 is 4.42 Å². The SMILES string of the molecule is C1=Cc2c(n(-c3ccccc3-c3ccccc3-c3ccccc3N(c3ccc(-c4cccc5c4oc4ccccc45)cc3)c3cccc(-c4ccccc4)c3)c3ccccc23)CC1. The van der Waals surface area contributed by atoms with E-state index >= 15 is 0 Å². The Balaban J connectivity index is 1.03. The zero-order chi connectivity index (χ0) is 41.7. The molecule has 298 valence electrons. The molecule has 63 heavy (non-hydrogen) atoms. The third kappa shape index (κ3) is 6.28. The largest absolute Gasteiger partial charge is 0.455 e. The number of allylic oxidation sites excluding steroid dienone is 1. The highest BCUT2D eigenvalue weighted by Gasteiger charge is 2.24. The van der Waals surface area contributed by atoms with Crippen LogP contribution in [0.1, 0.15) is 17.7 Å². The van der Waals surface area contributed by atoms with Gasteiger partial charge in [0.2, 0.25) is 0 Å². The van der Waals surface area contributed by atoms with Gasteiger partial charge in [-0.15, -0.1) is 0 Å². The molecule has 0 fully saturated rings. The fourth-order valence-electron chi connectivity index (χ4n) is 9.84. The van der Waals surface area contributed by atoms with E-state index in [4.69, 9.17) is 4.42 Å². The monoisotopic (exact) mass is 806 g/mol. The standard InChI is InChI=1S/C60H42N2O/c1-2-18-41(19-3-1)43-20-16-21-45(40-43)61(44-38-36-42(37-39-44)46-29-17-30-54-53-28-10-15-35-59(53)63-60(46)54)55-31-11-6-24-49(55)47-22-4-5-23-48(47)50-25-7-12-32-56(50)62-57-33-13-8-26-51(57)52-27-9-14-34-58(52)62/h1-13,15-33,35-40H,14,34H2. The number of hydrogen-bond donors (Lipinski definition) is 0. The van der Waals surface area contributed by atoms with Gasteiger partial charge in [0.15, 0.2) is 0 Å². The summed E-state index contributed by atoms with van der Waals surface area (Å²) in [4.78, 5) is 2.41. The number of fused-ring (bicyclic) bond motifs is 6. The highest BCUT2D eigenvalue weighted by atomic mass is 16.3. The summed E-state index contributed by atoms with van der Waals surface area (Å²) in [6, 6.07) is 78.8. The molecule has 0 atom stereocenters. The molecular weight excluding hydrogens is 765 g/mol. The molecule has 2 heterocycles. The smallest absolute Gasteiger partial charge is 0.143 e. The molecule has 3 heteroatoms. The summed E-state index contributed by atoms with van der Waals surface area (Å²) in [5.41, 5.74) is 19.4. The van der Waals surface area contributed by atoms with Crippen molar-refractivity contribution in [3.8, 4) is 50.2 Å². The van der Waals surface area contributed by atoms with Gasteiger partial charge in [-0.05, 0) is 89.2 Å². The Hall–Kier alpha value is -8.14. The molecule has 12 rings (SSSR count). The Morgan fingerprint density at radius 1 is 0.429 bits per heavy atom. The molecule has 0 spiro atoms. The lowest BCUT2D eigenvalue weighted by molar-refractivity contribution is 0.670. The molecule has 1 aliphatic carbocycles. The topological polar surface area (TPSA) is 21.3 Å². The molecule has 0 radical (unpaired) electrons. The molecule has 1 aliphatic rings. The molecule has 2 aromatic heterocycles. The highest BCUT2D eigenvalue weighted by Crippen LogP contribution is 2.47. The van der Waals surface area contributed by atoms with Gasteiger partial charge in [-0.3, -0.25) is 0 Å². The molecule has 11 aromatic rings. The summed E-state index contributed by atoms with van der Waals surface area (Å²) >= 11 is 0. The number of benzene rings is 9. The number of para-hydroxylation sites is 5. The van der Waals surface area contributed by atoms with Crippen LogP contribution in [0.3, 0.4) is 0 Å². The van der Waals surface area contributed by atoms with E-state index in [0.29, 0.717) is 0 Å². The predicted molar refractivity (Wildman–Crippen MR) is 264 cm³/mol. The van der Waals surface area contributed by atoms with Gasteiger partial charge in [0.1, 0.15) is 11.2 Å². The van der Waals surface area contributed by atoms with Crippen molar-refractivity contribution in [2.24, 2.45) is 0 Å². The lowest BCUT2D eigenvalue weighted by atomic mass is 9.91. The van der Waals surface area contributed by atoms with Crippen LogP contribution in [0.5, 0.6) is 0 Å². The van der Waals surface area contributed by atoms with Gasteiger partial charge in [0.05, 0.1) is 16.9 Å². The fourth-order valence-corrected chi connectivity index (χ4v) is 9.84. The Kier molecular flexibility index (Phi) is 8.97. The first kappa shape index (κ1) is 36.7. The normalized spacial score (nSPS) is 12.3. The van der Waals surface area contributed by atoms with E-state index in [2.05, 4.69) is 228 Å². The fraction of sp³-hybridized carbons (Fsp3) is 0.0333. The minimum absolute atomic E-state index is 0.902.